The summed E-state index contributed by atoms with van der Waals surface area (Å²) in [6, 6.07) is 0. The minimum Gasteiger partial charge on any atom is -0.314 e. The average Bonchev–Trinajstić information content (AvgIpc) is 2.05. The van der Waals surface area contributed by atoms with Crippen LogP contribution < -0.4 is 50.8 Å². The summed E-state index contributed by atoms with van der Waals surface area (Å²) in [5.74, 6) is 0. The SMILES string of the molecule is C1CNCCNCCNCCN1.[Na+].[Tm+3]. The molecule has 0 aliphatic carbocycles. The van der Waals surface area contributed by atoms with Crippen LogP contribution in [0.4, 0.5) is 0 Å². The molecule has 1 heterocycles. The molecule has 6 heteroatoms. The Morgan fingerprint density at radius 1 is 0.429 bits per heavy atom. The first-order valence-corrected chi connectivity index (χ1v) is 4.83. The van der Waals surface area contributed by atoms with Gasteiger partial charge in [0.15, 0.2) is 0 Å². The van der Waals surface area contributed by atoms with Gasteiger partial charge in [-0.05, 0) is 0 Å². The van der Waals surface area contributed by atoms with Crippen molar-refractivity contribution in [2.24, 2.45) is 0 Å². The molecule has 0 saturated carbocycles. The first-order valence-electron chi connectivity index (χ1n) is 4.83. The smallest absolute Gasteiger partial charge is 0.314 e. The first-order chi connectivity index (χ1) is 6.00. The molecule has 4 nitrogen and oxygen atoms in total. The van der Waals surface area contributed by atoms with Crippen molar-refractivity contribution in [3.05, 3.63) is 0 Å². The van der Waals surface area contributed by atoms with E-state index in [4.69, 9.17) is 0 Å². The molecule has 0 aromatic heterocycles. The molecule has 1 saturated heterocycles. The van der Waals surface area contributed by atoms with E-state index in [2.05, 4.69) is 21.3 Å². The largest absolute Gasteiger partial charge is 3.00 e. The Kier molecular flexibility index (Phi) is 19.9. The number of hydrogen-bond acceptors (Lipinski definition) is 4. The number of nitrogens with one attached hydrogen (secondary N) is 4. The molecule has 82 valence electrons. The van der Waals surface area contributed by atoms with E-state index in [1.807, 2.05) is 0 Å². The number of rotatable bonds is 0. The van der Waals surface area contributed by atoms with Gasteiger partial charge in [0, 0.05) is 52.4 Å². The Morgan fingerprint density at radius 2 is 0.571 bits per heavy atom. The first kappa shape index (κ1) is 18.4. The van der Waals surface area contributed by atoms with Crippen molar-refractivity contribution in [2.75, 3.05) is 52.4 Å². The molecule has 0 spiro atoms. The summed E-state index contributed by atoms with van der Waals surface area (Å²) < 4.78 is 0. The van der Waals surface area contributed by atoms with Crippen molar-refractivity contribution in [2.45, 2.75) is 0 Å². The molecule has 0 aromatic carbocycles. The Labute approximate surface area is 138 Å². The molecule has 4 N–H and O–H groups in total. The third-order valence-corrected chi connectivity index (χ3v) is 1.91. The van der Waals surface area contributed by atoms with E-state index in [0.717, 1.165) is 52.4 Å². The Morgan fingerprint density at radius 3 is 0.714 bits per heavy atom. The van der Waals surface area contributed by atoms with Crippen molar-refractivity contribution in [1.82, 2.24) is 21.3 Å². The number of hydrogen-bond donors (Lipinski definition) is 4. The second-order valence-electron chi connectivity index (χ2n) is 3.00. The van der Waals surface area contributed by atoms with Gasteiger partial charge in [-0.15, -0.1) is 0 Å². The maximum Gasteiger partial charge on any atom is 3.00 e. The van der Waals surface area contributed by atoms with Crippen molar-refractivity contribution in [3.63, 3.8) is 0 Å². The Hall–Kier alpha value is 2.07. The van der Waals surface area contributed by atoms with E-state index in [0.29, 0.717) is 0 Å². The normalized spacial score (nSPS) is 20.6. The van der Waals surface area contributed by atoms with Gasteiger partial charge >= 0.3 is 66.4 Å². The maximum absolute atomic E-state index is 3.36. The molecule has 0 aromatic rings. The molecule has 0 unspecified atom stereocenters. The predicted octanol–water partition coefficient (Wildman–Crippen LogP) is -4.64. The topological polar surface area (TPSA) is 48.1 Å². The maximum atomic E-state index is 3.36. The molecule has 14 heavy (non-hydrogen) atoms. The van der Waals surface area contributed by atoms with Crippen LogP contribution in [0, 0.1) is 36.9 Å². The van der Waals surface area contributed by atoms with E-state index in [9.17, 15) is 0 Å². The quantitative estimate of drug-likeness (QED) is 0.327. The summed E-state index contributed by atoms with van der Waals surface area (Å²) >= 11 is 0. The van der Waals surface area contributed by atoms with Crippen molar-refractivity contribution >= 4 is 0 Å². The Bertz CT molecular complexity index is 64.3. The van der Waals surface area contributed by atoms with Crippen LogP contribution in [-0.4, -0.2) is 52.4 Å². The van der Waals surface area contributed by atoms with Gasteiger partial charge in [-0.2, -0.15) is 0 Å². The second-order valence-corrected chi connectivity index (χ2v) is 3.00. The second kappa shape index (κ2) is 15.1. The molecule has 0 atom stereocenters. The third kappa shape index (κ3) is 12.1. The molecule has 0 bridgehead atoms. The minimum absolute atomic E-state index is 0. The van der Waals surface area contributed by atoms with Crippen molar-refractivity contribution < 1.29 is 66.4 Å². The van der Waals surface area contributed by atoms with Crippen LogP contribution in [0.2, 0.25) is 0 Å². The van der Waals surface area contributed by atoms with Crippen LogP contribution in [-0.2, 0) is 0 Å². The van der Waals surface area contributed by atoms with Crippen LogP contribution in [0.3, 0.4) is 0 Å². The molecule has 1 aliphatic rings. The Balaban J connectivity index is 0. The third-order valence-electron chi connectivity index (χ3n) is 1.91. The summed E-state index contributed by atoms with van der Waals surface area (Å²) in [5.41, 5.74) is 0. The van der Waals surface area contributed by atoms with Crippen molar-refractivity contribution in [3.8, 4) is 0 Å². The molecule has 0 amide bonds. The monoisotopic (exact) mass is 364 g/mol. The summed E-state index contributed by atoms with van der Waals surface area (Å²) in [6.07, 6.45) is 0. The summed E-state index contributed by atoms with van der Waals surface area (Å²) in [6.45, 7) is 8.57. The van der Waals surface area contributed by atoms with Gasteiger partial charge in [0.2, 0.25) is 0 Å². The van der Waals surface area contributed by atoms with Gasteiger partial charge < -0.3 is 21.3 Å². The van der Waals surface area contributed by atoms with Crippen LogP contribution in [0.5, 0.6) is 0 Å². The summed E-state index contributed by atoms with van der Waals surface area (Å²) in [5, 5.41) is 13.4. The molecule has 1 rings (SSSR count). The van der Waals surface area contributed by atoms with Gasteiger partial charge in [-0.1, -0.05) is 0 Å². The van der Waals surface area contributed by atoms with Crippen LogP contribution >= 0.6 is 0 Å². The zero-order chi connectivity index (χ0) is 8.49. The van der Waals surface area contributed by atoms with Crippen LogP contribution in [0.25, 0.3) is 0 Å². The van der Waals surface area contributed by atoms with E-state index < -0.39 is 0 Å². The predicted molar refractivity (Wildman–Crippen MR) is 51.5 cm³/mol. The van der Waals surface area contributed by atoms with E-state index in [-0.39, 0.29) is 66.4 Å². The van der Waals surface area contributed by atoms with E-state index in [1.165, 1.54) is 0 Å². The fourth-order valence-electron chi connectivity index (χ4n) is 1.21. The van der Waals surface area contributed by atoms with Gasteiger partial charge in [-0.25, -0.2) is 0 Å². The van der Waals surface area contributed by atoms with Crippen LogP contribution in [0.15, 0.2) is 0 Å². The zero-order valence-electron chi connectivity index (χ0n) is 8.93. The van der Waals surface area contributed by atoms with Gasteiger partial charge in [0.25, 0.3) is 0 Å². The molecule has 1 fully saturated rings. The average molecular weight is 364 g/mol. The fourth-order valence-corrected chi connectivity index (χ4v) is 1.21. The molecule has 1 aliphatic heterocycles. The van der Waals surface area contributed by atoms with E-state index >= 15 is 0 Å². The molecular weight excluding hydrogens is 344 g/mol. The van der Waals surface area contributed by atoms with Gasteiger partial charge in [0.05, 0.1) is 0 Å². The molecular formula is C8H20N4NaTm+4. The standard InChI is InChI=1S/C8H20N4.Na.Tm/c1-2-10-5-6-12-8-7-11-4-3-9-1;;/h9-12H,1-8H2;;/q;+1;+3. The zero-order valence-corrected chi connectivity index (χ0v) is 12.7. The molecule has 0 radical (unpaired) electrons. The minimum atomic E-state index is 0. The van der Waals surface area contributed by atoms with E-state index in [1.54, 1.807) is 0 Å². The van der Waals surface area contributed by atoms with Crippen LogP contribution in [0.1, 0.15) is 0 Å². The fraction of sp³-hybridized carbons (Fsp3) is 1.00. The van der Waals surface area contributed by atoms with Gasteiger partial charge in [0.1, 0.15) is 0 Å². The van der Waals surface area contributed by atoms with Crippen molar-refractivity contribution in [1.29, 1.82) is 0 Å². The van der Waals surface area contributed by atoms with Gasteiger partial charge in [-0.3, -0.25) is 0 Å². The summed E-state index contributed by atoms with van der Waals surface area (Å²) in [7, 11) is 0. The summed E-state index contributed by atoms with van der Waals surface area (Å²) in [4.78, 5) is 0.